The van der Waals surface area contributed by atoms with Gasteiger partial charge in [-0.05, 0) is 60.9 Å². The highest BCUT2D eigenvalue weighted by molar-refractivity contribution is 7.98. The molecule has 7 rings (SSSR count). The van der Waals surface area contributed by atoms with Crippen molar-refractivity contribution in [2.24, 2.45) is 0 Å². The molecule has 202 valence electrons. The first-order chi connectivity index (χ1) is 19.6. The van der Waals surface area contributed by atoms with Gasteiger partial charge in [-0.3, -0.25) is 4.79 Å². The Labute approximate surface area is 239 Å². The van der Waals surface area contributed by atoms with Crippen molar-refractivity contribution in [2.45, 2.75) is 75.2 Å². The molecule has 5 nitrogen and oxygen atoms in total. The molecule has 2 heterocycles. The standard InChI is InChI=1S/C34H34N4OS/c1-23-12-4-6-15-26(23)21-37-30-28-17-9-8-14-25(28)20-34(18-10-3-11-19-34)29(30)31(39)38-32(37)35-36-33(38)40-22-27-16-7-5-13-24(27)2/h4-9,12-17H,3,10-11,18-22H2,1-2H3. The first-order valence-corrected chi connectivity index (χ1v) is 15.4. The molecule has 5 aromatic rings. The van der Waals surface area contributed by atoms with Crippen LogP contribution >= 0.6 is 11.8 Å². The summed E-state index contributed by atoms with van der Waals surface area (Å²) in [7, 11) is 0. The van der Waals surface area contributed by atoms with Crippen LogP contribution in [0.5, 0.6) is 0 Å². The molecule has 1 saturated carbocycles. The van der Waals surface area contributed by atoms with Gasteiger partial charge < -0.3 is 4.57 Å². The molecule has 1 fully saturated rings. The Morgan fingerprint density at radius 2 is 1.50 bits per heavy atom. The van der Waals surface area contributed by atoms with Gasteiger partial charge in [-0.25, -0.2) is 4.40 Å². The summed E-state index contributed by atoms with van der Waals surface area (Å²) in [6.45, 7) is 4.93. The van der Waals surface area contributed by atoms with E-state index in [2.05, 4.69) is 96.3 Å². The van der Waals surface area contributed by atoms with Crippen molar-refractivity contribution in [1.29, 1.82) is 0 Å². The summed E-state index contributed by atoms with van der Waals surface area (Å²) < 4.78 is 4.11. The van der Waals surface area contributed by atoms with Crippen molar-refractivity contribution in [3.63, 3.8) is 0 Å². The fourth-order valence-electron chi connectivity index (χ4n) is 6.95. The highest BCUT2D eigenvalue weighted by Crippen LogP contribution is 2.49. The first-order valence-electron chi connectivity index (χ1n) is 14.4. The van der Waals surface area contributed by atoms with Crippen LogP contribution in [-0.4, -0.2) is 19.2 Å². The van der Waals surface area contributed by atoms with Crippen LogP contribution in [0.1, 0.15) is 65.5 Å². The zero-order chi connectivity index (χ0) is 27.3. The van der Waals surface area contributed by atoms with Gasteiger partial charge in [0.15, 0.2) is 5.16 Å². The second-order valence-corrected chi connectivity index (χ2v) is 12.5. The molecule has 0 amide bonds. The topological polar surface area (TPSA) is 52.2 Å². The minimum atomic E-state index is -0.150. The number of hydrogen-bond acceptors (Lipinski definition) is 4. The van der Waals surface area contributed by atoms with Gasteiger partial charge in [-0.15, -0.1) is 10.2 Å². The number of fused-ring (bicyclic) bond motifs is 5. The molecular formula is C34H34N4OS. The zero-order valence-corrected chi connectivity index (χ0v) is 24.0. The van der Waals surface area contributed by atoms with E-state index in [1.165, 1.54) is 39.8 Å². The van der Waals surface area contributed by atoms with Gasteiger partial charge in [0.05, 0.1) is 12.2 Å². The molecular weight excluding hydrogens is 512 g/mol. The second-order valence-electron chi connectivity index (χ2n) is 11.5. The van der Waals surface area contributed by atoms with E-state index in [1.807, 2.05) is 4.40 Å². The molecule has 2 aliphatic rings. The quantitative estimate of drug-likeness (QED) is 0.218. The molecule has 0 unspecified atom stereocenters. The maximum atomic E-state index is 14.7. The zero-order valence-electron chi connectivity index (χ0n) is 23.2. The number of benzene rings is 3. The van der Waals surface area contributed by atoms with E-state index in [0.29, 0.717) is 17.5 Å². The predicted molar refractivity (Wildman–Crippen MR) is 162 cm³/mol. The van der Waals surface area contributed by atoms with Crippen LogP contribution in [-0.2, 0) is 24.1 Å². The van der Waals surface area contributed by atoms with Crippen LogP contribution in [0.15, 0.2) is 82.7 Å². The van der Waals surface area contributed by atoms with Crippen molar-refractivity contribution in [3.05, 3.63) is 117 Å². The highest BCUT2D eigenvalue weighted by atomic mass is 32.2. The monoisotopic (exact) mass is 546 g/mol. The normalized spacial score (nSPS) is 15.8. The Kier molecular flexibility index (Phi) is 6.38. The van der Waals surface area contributed by atoms with Crippen LogP contribution in [0.3, 0.4) is 0 Å². The lowest BCUT2D eigenvalue weighted by atomic mass is 9.62. The van der Waals surface area contributed by atoms with E-state index in [4.69, 9.17) is 5.10 Å². The van der Waals surface area contributed by atoms with Gasteiger partial charge in [-0.1, -0.05) is 104 Å². The van der Waals surface area contributed by atoms with E-state index in [0.717, 1.165) is 49.1 Å². The Morgan fingerprint density at radius 1 is 0.825 bits per heavy atom. The van der Waals surface area contributed by atoms with Crippen LogP contribution in [0.2, 0.25) is 0 Å². The number of thioether (sulfide) groups is 1. The van der Waals surface area contributed by atoms with Crippen LogP contribution in [0.4, 0.5) is 0 Å². The van der Waals surface area contributed by atoms with Crippen molar-refractivity contribution < 1.29 is 0 Å². The van der Waals surface area contributed by atoms with E-state index in [-0.39, 0.29) is 11.0 Å². The van der Waals surface area contributed by atoms with Crippen molar-refractivity contribution in [2.75, 3.05) is 0 Å². The van der Waals surface area contributed by atoms with Crippen molar-refractivity contribution >= 4 is 17.5 Å². The smallest absolute Gasteiger partial charge is 0.265 e. The molecule has 6 heteroatoms. The van der Waals surface area contributed by atoms with Crippen molar-refractivity contribution in [1.82, 2.24) is 19.2 Å². The number of hydrogen-bond donors (Lipinski definition) is 0. The van der Waals surface area contributed by atoms with E-state index >= 15 is 0 Å². The summed E-state index contributed by atoms with van der Waals surface area (Å²) in [5.41, 5.74) is 9.41. The Balaban J connectivity index is 1.49. The molecule has 40 heavy (non-hydrogen) atoms. The molecule has 2 aliphatic carbocycles. The second kappa shape index (κ2) is 10.1. The lowest BCUT2D eigenvalue weighted by Gasteiger charge is -2.43. The summed E-state index contributed by atoms with van der Waals surface area (Å²) in [5, 5.41) is 10.0. The molecule has 0 radical (unpaired) electrons. The predicted octanol–water partition coefficient (Wildman–Crippen LogP) is 7.27. The molecule has 0 aliphatic heterocycles. The largest absolute Gasteiger partial charge is 0.305 e. The first kappa shape index (κ1) is 25.3. The van der Waals surface area contributed by atoms with Crippen LogP contribution in [0.25, 0.3) is 17.0 Å². The third kappa shape index (κ3) is 4.12. The fourth-order valence-corrected chi connectivity index (χ4v) is 7.95. The van der Waals surface area contributed by atoms with Crippen molar-refractivity contribution in [3.8, 4) is 11.3 Å². The highest BCUT2D eigenvalue weighted by Gasteiger charge is 2.44. The third-order valence-corrected chi connectivity index (χ3v) is 10.1. The Hall–Kier alpha value is -3.64. The summed E-state index contributed by atoms with van der Waals surface area (Å²) in [4.78, 5) is 14.7. The van der Waals surface area contributed by atoms with Gasteiger partial charge in [-0.2, -0.15) is 0 Å². The minimum Gasteiger partial charge on any atom is -0.305 e. The minimum absolute atomic E-state index is 0.0692. The molecule has 0 atom stereocenters. The summed E-state index contributed by atoms with van der Waals surface area (Å²) in [5.74, 6) is 1.37. The van der Waals surface area contributed by atoms with Gasteiger partial charge in [0, 0.05) is 22.3 Å². The fraction of sp³-hybridized carbons (Fsp3) is 0.324. The Morgan fingerprint density at radius 3 is 2.25 bits per heavy atom. The number of aromatic nitrogens is 4. The van der Waals surface area contributed by atoms with Crippen LogP contribution < -0.4 is 5.56 Å². The molecule has 0 saturated heterocycles. The molecule has 1 spiro atoms. The SMILES string of the molecule is Cc1ccccc1CSc1nnc2n(Cc3ccccc3C)c3c(c(=O)n12)C1(CCCCC1)Cc1ccccc1-3. The van der Waals surface area contributed by atoms with E-state index in [1.54, 1.807) is 11.8 Å². The van der Waals surface area contributed by atoms with Gasteiger partial charge in [0.25, 0.3) is 5.56 Å². The number of rotatable bonds is 5. The summed E-state index contributed by atoms with van der Waals surface area (Å²) in [6.07, 6.45) is 6.58. The summed E-state index contributed by atoms with van der Waals surface area (Å²) >= 11 is 1.60. The lowest BCUT2D eigenvalue weighted by molar-refractivity contribution is 0.283. The summed E-state index contributed by atoms with van der Waals surface area (Å²) in [6, 6.07) is 25.6. The lowest BCUT2D eigenvalue weighted by Crippen LogP contribution is -2.43. The number of nitrogens with zero attached hydrogens (tertiary/aromatic N) is 4. The Bertz CT molecular complexity index is 1790. The van der Waals surface area contributed by atoms with Crippen LogP contribution in [0, 0.1) is 13.8 Å². The van der Waals surface area contributed by atoms with Gasteiger partial charge >= 0.3 is 0 Å². The molecule has 3 aromatic carbocycles. The molecule has 0 N–H and O–H groups in total. The van der Waals surface area contributed by atoms with E-state index in [9.17, 15) is 4.79 Å². The molecule has 2 aromatic heterocycles. The third-order valence-electron chi connectivity index (χ3n) is 9.13. The van der Waals surface area contributed by atoms with Gasteiger partial charge in [0.2, 0.25) is 5.78 Å². The van der Waals surface area contributed by atoms with Gasteiger partial charge in [0.1, 0.15) is 0 Å². The molecule has 0 bridgehead atoms. The number of aryl methyl sites for hydroxylation is 2. The maximum Gasteiger partial charge on any atom is 0.265 e. The maximum absolute atomic E-state index is 14.7. The average Bonchev–Trinajstić information content (AvgIpc) is 3.40. The average molecular weight is 547 g/mol. The van der Waals surface area contributed by atoms with E-state index < -0.39 is 0 Å².